The molecule has 1 atom stereocenters. The highest BCUT2D eigenvalue weighted by Crippen LogP contribution is 2.34. The Morgan fingerprint density at radius 1 is 1.20 bits per heavy atom. The van der Waals surface area contributed by atoms with Gasteiger partial charge in [0.1, 0.15) is 0 Å². The number of nitrogens with two attached hydrogens (primary N) is 1. The van der Waals surface area contributed by atoms with Crippen molar-refractivity contribution in [1.29, 1.82) is 0 Å². The van der Waals surface area contributed by atoms with E-state index in [1.807, 2.05) is 6.07 Å². The smallest absolute Gasteiger partial charge is 0.259 e. The fourth-order valence-electron chi connectivity index (χ4n) is 4.89. The lowest BCUT2D eigenvalue weighted by Crippen LogP contribution is -2.36. The van der Waals surface area contributed by atoms with Gasteiger partial charge in [-0.15, -0.1) is 11.3 Å². The Morgan fingerprint density at radius 2 is 2.00 bits per heavy atom. The summed E-state index contributed by atoms with van der Waals surface area (Å²) in [6, 6.07) is 8.72. The van der Waals surface area contributed by atoms with Gasteiger partial charge in [-0.25, -0.2) is 0 Å². The lowest BCUT2D eigenvalue weighted by Gasteiger charge is -2.30. The number of benzene rings is 1. The van der Waals surface area contributed by atoms with E-state index in [2.05, 4.69) is 48.6 Å². The lowest BCUT2D eigenvalue weighted by molar-refractivity contribution is 0.100. The molecule has 1 aromatic carbocycles. The lowest BCUT2D eigenvalue weighted by atomic mass is 9.97. The molecule has 1 fully saturated rings. The van der Waals surface area contributed by atoms with Crippen LogP contribution < -0.4 is 5.73 Å². The number of fused-ring (bicyclic) bond motifs is 1. The Bertz CT molecular complexity index is 1050. The monoisotopic (exact) mass is 424 g/mol. The van der Waals surface area contributed by atoms with Gasteiger partial charge < -0.3 is 5.73 Å². The van der Waals surface area contributed by atoms with E-state index in [1.165, 1.54) is 47.2 Å². The summed E-state index contributed by atoms with van der Waals surface area (Å²) in [4.78, 5) is 15.6. The van der Waals surface area contributed by atoms with Crippen molar-refractivity contribution in [3.63, 3.8) is 0 Å². The van der Waals surface area contributed by atoms with E-state index in [0.29, 0.717) is 6.04 Å². The molecule has 5 nitrogen and oxygen atoms in total. The van der Waals surface area contributed by atoms with E-state index in [-0.39, 0.29) is 5.91 Å². The Hall–Kier alpha value is -2.18. The zero-order valence-corrected chi connectivity index (χ0v) is 19.1. The third kappa shape index (κ3) is 4.03. The first-order valence-electron chi connectivity index (χ1n) is 11.1. The van der Waals surface area contributed by atoms with Crippen LogP contribution in [0.2, 0.25) is 0 Å². The second kappa shape index (κ2) is 8.90. The molecule has 0 radical (unpaired) electrons. The minimum atomic E-state index is -0.303. The van der Waals surface area contributed by atoms with Crippen molar-refractivity contribution < 1.29 is 4.79 Å². The molecule has 0 spiro atoms. The van der Waals surface area contributed by atoms with Gasteiger partial charge in [0.25, 0.3) is 5.91 Å². The summed E-state index contributed by atoms with van der Waals surface area (Å²) in [5, 5.41) is 5.91. The number of hydrogen-bond acceptors (Lipinski definition) is 4. The summed E-state index contributed by atoms with van der Waals surface area (Å²) in [7, 11) is 0. The quantitative estimate of drug-likeness (QED) is 0.617. The van der Waals surface area contributed by atoms with E-state index >= 15 is 0 Å². The van der Waals surface area contributed by atoms with Crippen LogP contribution in [0.15, 0.2) is 24.3 Å². The summed E-state index contributed by atoms with van der Waals surface area (Å²) in [5.41, 5.74) is 10.7. The number of aromatic nitrogens is 2. The van der Waals surface area contributed by atoms with Gasteiger partial charge in [0.2, 0.25) is 0 Å². The molecule has 6 heteroatoms. The summed E-state index contributed by atoms with van der Waals surface area (Å²) in [6.07, 6.45) is 5.77. The molecule has 1 unspecified atom stereocenters. The first-order chi connectivity index (χ1) is 14.5. The number of carbonyl (C=O) groups is 1. The largest absolute Gasteiger partial charge is 0.365 e. The maximum Gasteiger partial charge on any atom is 0.259 e. The summed E-state index contributed by atoms with van der Waals surface area (Å²) in [5.74, 6) is -0.303. The number of thiophene rings is 1. The number of amides is 1. The number of primary amides is 1. The molecule has 30 heavy (non-hydrogen) atoms. The Morgan fingerprint density at radius 3 is 2.73 bits per heavy atom. The molecule has 1 aliphatic heterocycles. The average Bonchev–Trinajstić information content (AvgIpc) is 3.13. The zero-order valence-electron chi connectivity index (χ0n) is 18.3. The second-order valence-corrected chi connectivity index (χ2v) is 9.47. The molecule has 1 aliphatic rings. The average molecular weight is 425 g/mol. The second-order valence-electron chi connectivity index (χ2n) is 8.41. The highest BCUT2D eigenvalue weighted by molar-refractivity contribution is 7.21. The van der Waals surface area contributed by atoms with Gasteiger partial charge in [0, 0.05) is 35.1 Å². The Kier molecular flexibility index (Phi) is 6.25. The van der Waals surface area contributed by atoms with Crippen molar-refractivity contribution in [2.24, 2.45) is 5.73 Å². The molecule has 3 aromatic rings. The molecule has 0 saturated carbocycles. The topological polar surface area (TPSA) is 64.2 Å². The molecule has 2 N–H and O–H groups in total. The summed E-state index contributed by atoms with van der Waals surface area (Å²) >= 11 is 1.54. The molecule has 2 aromatic heterocycles. The fraction of sp³-hybridized carbons (Fsp3) is 0.500. The number of likely N-dealkylation sites (tertiary alicyclic amines) is 1. The number of rotatable bonds is 6. The zero-order chi connectivity index (χ0) is 21.3. The van der Waals surface area contributed by atoms with Gasteiger partial charge in [-0.1, -0.05) is 31.0 Å². The van der Waals surface area contributed by atoms with Crippen LogP contribution in [0.4, 0.5) is 0 Å². The van der Waals surface area contributed by atoms with E-state index in [4.69, 9.17) is 10.8 Å². The van der Waals surface area contributed by atoms with Crippen LogP contribution in [0.1, 0.15) is 64.8 Å². The molecular formula is C24H32N4OS. The molecular weight excluding hydrogens is 392 g/mol. The van der Waals surface area contributed by atoms with E-state index in [9.17, 15) is 4.79 Å². The van der Waals surface area contributed by atoms with Crippen LogP contribution >= 0.6 is 11.3 Å². The molecule has 0 aliphatic carbocycles. The van der Waals surface area contributed by atoms with E-state index in [0.717, 1.165) is 53.3 Å². The third-order valence-corrected chi connectivity index (χ3v) is 7.78. The first-order valence-corrected chi connectivity index (χ1v) is 11.9. The minimum Gasteiger partial charge on any atom is -0.365 e. The fourth-order valence-corrected chi connectivity index (χ4v) is 5.97. The van der Waals surface area contributed by atoms with Crippen molar-refractivity contribution in [3.8, 4) is 0 Å². The maximum atomic E-state index is 12.2. The predicted molar refractivity (Wildman–Crippen MR) is 124 cm³/mol. The molecule has 0 bridgehead atoms. The highest BCUT2D eigenvalue weighted by atomic mass is 32.1. The van der Waals surface area contributed by atoms with Crippen molar-refractivity contribution in [2.45, 2.75) is 72.0 Å². The van der Waals surface area contributed by atoms with Crippen molar-refractivity contribution >= 4 is 27.3 Å². The van der Waals surface area contributed by atoms with Crippen molar-refractivity contribution in [2.75, 3.05) is 6.54 Å². The number of carbonyl (C=O) groups excluding carboxylic acids is 1. The van der Waals surface area contributed by atoms with Gasteiger partial charge in [-0.05, 0) is 63.6 Å². The van der Waals surface area contributed by atoms with Gasteiger partial charge >= 0.3 is 0 Å². The summed E-state index contributed by atoms with van der Waals surface area (Å²) in [6.45, 7) is 9.37. The molecule has 160 valence electrons. The van der Waals surface area contributed by atoms with Gasteiger partial charge in [-0.3, -0.25) is 14.4 Å². The molecule has 1 saturated heterocycles. The number of hydrogen-bond donors (Lipinski definition) is 1. The van der Waals surface area contributed by atoms with Crippen molar-refractivity contribution in [3.05, 3.63) is 51.7 Å². The minimum absolute atomic E-state index is 0.303. The molecule has 4 rings (SSSR count). The van der Waals surface area contributed by atoms with Crippen LogP contribution in [-0.4, -0.2) is 33.2 Å². The number of aryl methyl sites for hydroxylation is 2. The van der Waals surface area contributed by atoms with Crippen LogP contribution in [-0.2, 0) is 19.5 Å². The standard InChI is InChI=1S/C24H32N4OS/c1-4-28-17(3)21(16(2)26-28)15-27-13-9-5-6-10-18(27)14-20-19-11-7-8-12-22(19)30-23(20)24(25)29/h7-8,11-12,18H,4-6,9-10,13-15H2,1-3H3,(H2,25,29). The Labute approximate surface area is 182 Å². The first kappa shape index (κ1) is 21.1. The number of nitrogens with zero attached hydrogens (tertiary/aromatic N) is 3. The molecule has 1 amide bonds. The van der Waals surface area contributed by atoms with Crippen molar-refractivity contribution in [1.82, 2.24) is 14.7 Å². The van der Waals surface area contributed by atoms with Crippen LogP contribution in [0, 0.1) is 13.8 Å². The van der Waals surface area contributed by atoms with Gasteiger partial charge in [-0.2, -0.15) is 5.10 Å². The SMILES string of the molecule is CCn1nc(C)c(CN2CCCCCC2Cc2c(C(N)=O)sc3ccccc23)c1C. The van der Waals surface area contributed by atoms with Crippen LogP contribution in [0.5, 0.6) is 0 Å². The normalized spacial score (nSPS) is 18.0. The maximum absolute atomic E-state index is 12.2. The highest BCUT2D eigenvalue weighted by Gasteiger charge is 2.27. The Balaban J connectivity index is 1.67. The molecule has 3 heterocycles. The van der Waals surface area contributed by atoms with Crippen LogP contribution in [0.25, 0.3) is 10.1 Å². The predicted octanol–water partition coefficient (Wildman–Crippen LogP) is 4.82. The van der Waals surface area contributed by atoms with Gasteiger partial charge in [0.05, 0.1) is 10.6 Å². The van der Waals surface area contributed by atoms with E-state index < -0.39 is 0 Å². The van der Waals surface area contributed by atoms with Crippen LogP contribution in [0.3, 0.4) is 0 Å². The third-order valence-electron chi connectivity index (χ3n) is 6.55. The van der Waals surface area contributed by atoms with E-state index in [1.54, 1.807) is 0 Å². The summed E-state index contributed by atoms with van der Waals surface area (Å²) < 4.78 is 3.26. The van der Waals surface area contributed by atoms with Gasteiger partial charge in [0.15, 0.2) is 0 Å².